The first kappa shape index (κ1) is 22.1. The predicted molar refractivity (Wildman–Crippen MR) is 107 cm³/mol. The van der Waals surface area contributed by atoms with Crippen molar-refractivity contribution in [1.29, 1.82) is 0 Å². The SMILES string of the molecule is Cc1ccc(Nc2ncc(OC(=O)NCC3CCCCC3)c(C(F)(F)F)n2)c(Cl)c1. The fourth-order valence-electron chi connectivity index (χ4n) is 3.31. The normalized spacial score (nSPS) is 15.0. The molecule has 1 aromatic heterocycles. The lowest BCUT2D eigenvalue weighted by Gasteiger charge is -2.21. The van der Waals surface area contributed by atoms with Crippen LogP contribution in [0.25, 0.3) is 0 Å². The van der Waals surface area contributed by atoms with Crippen molar-refractivity contribution in [2.24, 2.45) is 5.92 Å². The molecule has 2 N–H and O–H groups in total. The number of hydrogen-bond donors (Lipinski definition) is 2. The molecule has 162 valence electrons. The highest BCUT2D eigenvalue weighted by Gasteiger charge is 2.38. The van der Waals surface area contributed by atoms with Crippen LogP contribution in [0, 0.1) is 12.8 Å². The van der Waals surface area contributed by atoms with Gasteiger partial charge in [0.15, 0.2) is 11.4 Å². The van der Waals surface area contributed by atoms with Gasteiger partial charge in [0, 0.05) is 6.54 Å². The molecule has 0 atom stereocenters. The van der Waals surface area contributed by atoms with Crippen molar-refractivity contribution >= 4 is 29.3 Å². The summed E-state index contributed by atoms with van der Waals surface area (Å²) in [5.41, 5.74) is -0.101. The van der Waals surface area contributed by atoms with Crippen LogP contribution < -0.4 is 15.4 Å². The van der Waals surface area contributed by atoms with E-state index in [1.54, 1.807) is 18.2 Å². The van der Waals surface area contributed by atoms with E-state index in [1.807, 2.05) is 6.92 Å². The first-order valence-corrected chi connectivity index (χ1v) is 10.0. The maximum atomic E-state index is 13.5. The molecule has 1 aliphatic carbocycles. The van der Waals surface area contributed by atoms with Crippen LogP contribution in [0.15, 0.2) is 24.4 Å². The molecule has 0 spiro atoms. The first-order chi connectivity index (χ1) is 14.2. The molecule has 1 aliphatic rings. The summed E-state index contributed by atoms with van der Waals surface area (Å²) in [4.78, 5) is 19.3. The average molecular weight is 443 g/mol. The van der Waals surface area contributed by atoms with Gasteiger partial charge in [-0.25, -0.2) is 14.8 Å². The summed E-state index contributed by atoms with van der Waals surface area (Å²) in [6.45, 7) is 2.20. The van der Waals surface area contributed by atoms with Crippen molar-refractivity contribution in [3.05, 3.63) is 40.7 Å². The molecule has 30 heavy (non-hydrogen) atoms. The largest absolute Gasteiger partial charge is 0.437 e. The molecular weight excluding hydrogens is 421 g/mol. The van der Waals surface area contributed by atoms with Crippen LogP contribution >= 0.6 is 11.6 Å². The van der Waals surface area contributed by atoms with Gasteiger partial charge < -0.3 is 15.4 Å². The Morgan fingerprint density at radius 3 is 2.67 bits per heavy atom. The van der Waals surface area contributed by atoms with Gasteiger partial charge in [-0.2, -0.15) is 13.2 Å². The molecule has 1 heterocycles. The number of halogens is 4. The summed E-state index contributed by atoms with van der Waals surface area (Å²) in [5.74, 6) is -0.761. The van der Waals surface area contributed by atoms with Crippen molar-refractivity contribution in [3.63, 3.8) is 0 Å². The lowest BCUT2D eigenvalue weighted by molar-refractivity contribution is -0.142. The highest BCUT2D eigenvalue weighted by Crippen LogP contribution is 2.35. The van der Waals surface area contributed by atoms with Crippen molar-refractivity contribution in [1.82, 2.24) is 15.3 Å². The molecule has 2 aromatic rings. The molecule has 1 saturated carbocycles. The van der Waals surface area contributed by atoms with Gasteiger partial charge in [0.25, 0.3) is 0 Å². The molecule has 0 saturated heterocycles. The quantitative estimate of drug-likeness (QED) is 0.605. The third kappa shape index (κ3) is 5.98. The Labute approximate surface area is 177 Å². The van der Waals surface area contributed by atoms with Crippen molar-refractivity contribution in [2.75, 3.05) is 11.9 Å². The molecule has 1 amide bonds. The minimum absolute atomic E-state index is 0.314. The second-order valence-corrected chi connectivity index (χ2v) is 7.69. The zero-order valence-electron chi connectivity index (χ0n) is 16.4. The average Bonchev–Trinajstić information content (AvgIpc) is 2.69. The Kier molecular flexibility index (Phi) is 7.02. The molecule has 0 aliphatic heterocycles. The summed E-state index contributed by atoms with van der Waals surface area (Å²) in [5, 5.41) is 5.49. The Hall–Kier alpha value is -2.55. The van der Waals surface area contributed by atoms with Gasteiger partial charge in [-0.1, -0.05) is 36.9 Å². The molecule has 0 unspecified atom stereocenters. The highest BCUT2D eigenvalue weighted by molar-refractivity contribution is 6.33. The lowest BCUT2D eigenvalue weighted by atomic mass is 9.89. The van der Waals surface area contributed by atoms with E-state index in [9.17, 15) is 18.0 Å². The molecular formula is C20H22ClF3N4O2. The fourth-order valence-corrected chi connectivity index (χ4v) is 3.59. The number of nitrogens with one attached hydrogen (secondary N) is 2. The number of anilines is 2. The summed E-state index contributed by atoms with van der Waals surface area (Å²) in [6.07, 6.45) is 0.340. The van der Waals surface area contributed by atoms with Crippen LogP contribution in [-0.4, -0.2) is 22.6 Å². The number of rotatable bonds is 5. The van der Waals surface area contributed by atoms with Crippen LogP contribution in [0.2, 0.25) is 5.02 Å². The van der Waals surface area contributed by atoms with Crippen LogP contribution in [0.1, 0.15) is 43.4 Å². The van der Waals surface area contributed by atoms with Gasteiger partial charge in [0.1, 0.15) is 0 Å². The number of aryl methyl sites for hydroxylation is 1. The summed E-state index contributed by atoms with van der Waals surface area (Å²) < 4.78 is 45.3. The van der Waals surface area contributed by atoms with E-state index in [-0.39, 0.29) is 5.95 Å². The number of aromatic nitrogens is 2. The lowest BCUT2D eigenvalue weighted by Crippen LogP contribution is -2.33. The van der Waals surface area contributed by atoms with E-state index in [1.165, 1.54) is 6.42 Å². The van der Waals surface area contributed by atoms with Crippen LogP contribution in [0.4, 0.5) is 29.6 Å². The number of carbonyl (C=O) groups excluding carboxylic acids is 1. The Balaban J connectivity index is 1.71. The van der Waals surface area contributed by atoms with Crippen molar-refractivity contribution in [3.8, 4) is 5.75 Å². The smallest absolute Gasteiger partial charge is 0.406 e. The zero-order valence-corrected chi connectivity index (χ0v) is 17.1. The van der Waals surface area contributed by atoms with Gasteiger partial charge >= 0.3 is 12.3 Å². The van der Waals surface area contributed by atoms with Gasteiger partial charge in [0.2, 0.25) is 5.95 Å². The Bertz CT molecular complexity index is 902. The number of carbonyl (C=O) groups is 1. The number of amides is 1. The summed E-state index contributed by atoms with van der Waals surface area (Å²) in [7, 11) is 0. The number of nitrogens with zero attached hydrogens (tertiary/aromatic N) is 2. The second kappa shape index (κ2) is 9.51. The van der Waals surface area contributed by atoms with Crippen molar-refractivity contribution in [2.45, 2.75) is 45.2 Å². The monoisotopic (exact) mass is 442 g/mol. The first-order valence-electron chi connectivity index (χ1n) is 9.65. The molecule has 3 rings (SSSR count). The predicted octanol–water partition coefficient (Wildman–Crippen LogP) is 5.87. The minimum atomic E-state index is -4.84. The standard InChI is InChI=1S/C20H22ClF3N4O2/c1-12-7-8-15(14(21)9-12)27-18-25-11-16(17(28-18)20(22,23)24)30-19(29)26-10-13-5-3-2-4-6-13/h7-9,11,13H,2-6,10H2,1H3,(H,26,29)(H,25,27,28). The van der Waals surface area contributed by atoms with E-state index in [0.717, 1.165) is 37.4 Å². The van der Waals surface area contributed by atoms with Gasteiger partial charge in [-0.05, 0) is 43.4 Å². The van der Waals surface area contributed by atoms with E-state index >= 15 is 0 Å². The molecule has 0 radical (unpaired) electrons. The maximum absolute atomic E-state index is 13.5. The molecule has 10 heteroatoms. The van der Waals surface area contributed by atoms with E-state index in [0.29, 0.717) is 23.2 Å². The number of hydrogen-bond acceptors (Lipinski definition) is 5. The molecule has 1 aromatic carbocycles. The maximum Gasteiger partial charge on any atom is 0.437 e. The highest BCUT2D eigenvalue weighted by atomic mass is 35.5. The van der Waals surface area contributed by atoms with Crippen LogP contribution in [0.3, 0.4) is 0 Å². The summed E-state index contributed by atoms with van der Waals surface area (Å²) >= 11 is 6.09. The zero-order chi connectivity index (χ0) is 21.7. The third-order valence-electron chi connectivity index (χ3n) is 4.86. The van der Waals surface area contributed by atoms with Gasteiger partial charge in [-0.3, -0.25) is 0 Å². The number of ether oxygens (including phenoxy) is 1. The Morgan fingerprint density at radius 2 is 2.00 bits per heavy atom. The van der Waals surface area contributed by atoms with Crippen LogP contribution in [-0.2, 0) is 6.18 Å². The number of alkyl halides is 3. The van der Waals surface area contributed by atoms with Crippen LogP contribution in [0.5, 0.6) is 5.75 Å². The molecule has 6 nitrogen and oxygen atoms in total. The third-order valence-corrected chi connectivity index (χ3v) is 5.17. The molecule has 1 fully saturated rings. The number of benzene rings is 1. The van der Waals surface area contributed by atoms with E-state index in [4.69, 9.17) is 16.3 Å². The van der Waals surface area contributed by atoms with Gasteiger partial charge in [-0.15, -0.1) is 0 Å². The fraction of sp³-hybridized carbons (Fsp3) is 0.450. The topological polar surface area (TPSA) is 76.1 Å². The molecule has 0 bridgehead atoms. The Morgan fingerprint density at radius 1 is 1.27 bits per heavy atom. The van der Waals surface area contributed by atoms with Gasteiger partial charge in [0.05, 0.1) is 16.9 Å². The van der Waals surface area contributed by atoms with E-state index < -0.39 is 23.7 Å². The minimum Gasteiger partial charge on any atom is -0.406 e. The van der Waals surface area contributed by atoms with E-state index in [2.05, 4.69) is 20.6 Å². The summed E-state index contributed by atoms with van der Waals surface area (Å²) in [6, 6.07) is 5.01. The van der Waals surface area contributed by atoms with Crippen molar-refractivity contribution < 1.29 is 22.7 Å². The second-order valence-electron chi connectivity index (χ2n) is 7.29.